The number of pyridine rings is 1. The second-order valence-electron chi connectivity index (χ2n) is 6.32. The second-order valence-corrected chi connectivity index (χ2v) is 6.32. The highest BCUT2D eigenvalue weighted by Crippen LogP contribution is 2.32. The fraction of sp³-hybridized carbons (Fsp3) is 0.333. The molecule has 0 aliphatic carbocycles. The molecule has 0 saturated carbocycles. The van der Waals surface area contributed by atoms with Gasteiger partial charge in [-0.05, 0) is 32.8 Å². The average molecular weight is 359 g/mol. The van der Waals surface area contributed by atoms with Gasteiger partial charge in [0.2, 0.25) is 11.6 Å². The van der Waals surface area contributed by atoms with Crippen LogP contribution >= 0.6 is 0 Å². The van der Waals surface area contributed by atoms with Crippen LogP contribution in [0.3, 0.4) is 0 Å². The van der Waals surface area contributed by atoms with E-state index in [9.17, 15) is 15.8 Å². The van der Waals surface area contributed by atoms with Crippen LogP contribution in [-0.4, -0.2) is 13.1 Å². The van der Waals surface area contributed by atoms with Crippen LogP contribution in [-0.2, 0) is 6.42 Å². The van der Waals surface area contributed by atoms with Gasteiger partial charge in [0, 0.05) is 5.56 Å². The largest absolute Gasteiger partial charge is 0.318 e. The molecule has 0 amide bonds. The van der Waals surface area contributed by atoms with E-state index in [-0.39, 0.29) is 11.4 Å². The maximum absolute atomic E-state index is 9.84. The third-order valence-corrected chi connectivity index (χ3v) is 4.67. The van der Waals surface area contributed by atoms with Crippen molar-refractivity contribution in [3.8, 4) is 18.2 Å². The third-order valence-electron chi connectivity index (χ3n) is 4.67. The molecule has 0 saturated heterocycles. The lowest BCUT2D eigenvalue weighted by molar-refractivity contribution is -0.346. The molecule has 2 rings (SSSR count). The predicted octanol–water partition coefficient (Wildman–Crippen LogP) is 2.83. The molecular weight excluding hydrogens is 336 g/mol. The molecule has 0 bridgehead atoms. The Morgan fingerprint density at radius 3 is 2.11 bits per heavy atom. The Labute approximate surface area is 160 Å². The van der Waals surface area contributed by atoms with E-state index in [0.29, 0.717) is 36.5 Å². The van der Waals surface area contributed by atoms with E-state index in [2.05, 4.69) is 23.2 Å². The zero-order chi connectivity index (χ0) is 20.0. The quantitative estimate of drug-likeness (QED) is 0.851. The first-order valence-corrected chi connectivity index (χ1v) is 8.89. The highest BCUT2D eigenvalue weighted by Gasteiger charge is 2.30. The molecule has 6 heteroatoms. The van der Waals surface area contributed by atoms with Crippen molar-refractivity contribution >= 4 is 11.6 Å². The van der Waals surface area contributed by atoms with E-state index in [1.165, 1.54) is 0 Å². The molecule has 3 N–H and O–H groups in total. The van der Waals surface area contributed by atoms with E-state index < -0.39 is 5.92 Å². The first-order chi connectivity index (χ1) is 13.0. The van der Waals surface area contributed by atoms with Gasteiger partial charge >= 0.3 is 0 Å². The number of H-pyrrole nitrogens is 1. The van der Waals surface area contributed by atoms with Crippen LogP contribution in [0, 0.1) is 40.9 Å². The van der Waals surface area contributed by atoms with Crippen molar-refractivity contribution in [1.82, 2.24) is 0 Å². The zero-order valence-electron chi connectivity index (χ0n) is 15.9. The Morgan fingerprint density at radius 2 is 1.63 bits per heavy atom. The summed E-state index contributed by atoms with van der Waals surface area (Å²) < 4.78 is 0. The Balaban J connectivity index is 2.67. The second kappa shape index (κ2) is 8.70. The molecule has 0 aliphatic heterocycles. The highest BCUT2D eigenvalue weighted by atomic mass is 15.2. The zero-order valence-corrected chi connectivity index (χ0v) is 15.9. The van der Waals surface area contributed by atoms with Gasteiger partial charge in [-0.3, -0.25) is 4.90 Å². The first kappa shape index (κ1) is 19.8. The summed E-state index contributed by atoms with van der Waals surface area (Å²) >= 11 is 0. The number of aromatic amines is 1. The first-order valence-electron chi connectivity index (χ1n) is 8.89. The third kappa shape index (κ3) is 4.00. The Bertz CT molecular complexity index is 937. The van der Waals surface area contributed by atoms with Gasteiger partial charge in [-0.2, -0.15) is 15.8 Å². The number of nitrogens with zero attached hydrogens (tertiary/aromatic N) is 4. The number of nitrogens with two attached hydrogens (primary N) is 1. The molecule has 0 unspecified atom stereocenters. The van der Waals surface area contributed by atoms with Crippen LogP contribution in [0.5, 0.6) is 0 Å². The fourth-order valence-electron chi connectivity index (χ4n) is 3.18. The van der Waals surface area contributed by atoms with E-state index >= 15 is 0 Å². The molecule has 2 aromatic rings. The number of nitriles is 3. The van der Waals surface area contributed by atoms with Crippen molar-refractivity contribution in [3.05, 3.63) is 52.1 Å². The van der Waals surface area contributed by atoms with Crippen molar-refractivity contribution in [2.75, 3.05) is 23.7 Å². The van der Waals surface area contributed by atoms with Crippen LogP contribution < -0.4 is 15.6 Å². The number of hydrogen-bond donors (Lipinski definition) is 1. The Kier molecular flexibility index (Phi) is 6.36. The van der Waals surface area contributed by atoms with Gasteiger partial charge in [0.05, 0.1) is 25.1 Å². The van der Waals surface area contributed by atoms with Gasteiger partial charge < -0.3 is 5.73 Å². The molecule has 1 aromatic carbocycles. The molecule has 0 fully saturated rings. The lowest BCUT2D eigenvalue weighted by atomic mass is 9.87. The normalized spacial score (nSPS) is 11.1. The molecule has 27 heavy (non-hydrogen) atoms. The van der Waals surface area contributed by atoms with E-state index in [4.69, 9.17) is 5.73 Å². The Hall–Kier alpha value is -3.56. The van der Waals surface area contributed by atoms with Gasteiger partial charge in [0.1, 0.15) is 23.3 Å². The van der Waals surface area contributed by atoms with Crippen molar-refractivity contribution in [2.24, 2.45) is 0 Å². The van der Waals surface area contributed by atoms with Gasteiger partial charge in [-0.25, -0.2) is 4.98 Å². The van der Waals surface area contributed by atoms with Crippen LogP contribution in [0.2, 0.25) is 0 Å². The number of benzene rings is 1. The van der Waals surface area contributed by atoms with E-state index in [0.717, 1.165) is 11.1 Å². The molecule has 6 nitrogen and oxygen atoms in total. The summed E-state index contributed by atoms with van der Waals surface area (Å²) in [6.07, 6.45) is 0.404. The number of rotatable bonds is 6. The summed E-state index contributed by atoms with van der Waals surface area (Å²) in [5, 5.41) is 29.3. The summed E-state index contributed by atoms with van der Waals surface area (Å²) in [4.78, 5) is 4.95. The van der Waals surface area contributed by atoms with E-state index in [1.807, 2.05) is 49.9 Å². The minimum absolute atomic E-state index is 0.168. The average Bonchev–Trinajstić information content (AvgIpc) is 2.68. The van der Waals surface area contributed by atoms with Crippen LogP contribution in [0.25, 0.3) is 0 Å². The molecule has 0 spiro atoms. The summed E-state index contributed by atoms with van der Waals surface area (Å²) in [6.45, 7) is 7.28. The van der Waals surface area contributed by atoms with E-state index in [1.54, 1.807) is 0 Å². The summed E-state index contributed by atoms with van der Waals surface area (Å²) in [6, 6.07) is 14.4. The van der Waals surface area contributed by atoms with Crippen molar-refractivity contribution in [2.45, 2.75) is 33.1 Å². The molecule has 1 aromatic heterocycles. The molecule has 0 aliphatic rings. The van der Waals surface area contributed by atoms with Gasteiger partial charge in [-0.15, -0.1) is 0 Å². The van der Waals surface area contributed by atoms with Crippen LogP contribution in [0.15, 0.2) is 24.3 Å². The smallest absolute Gasteiger partial charge is 0.240 e. The predicted molar refractivity (Wildman–Crippen MR) is 104 cm³/mol. The topological polar surface area (TPSA) is 115 Å². The van der Waals surface area contributed by atoms with Gasteiger partial charge in [0.15, 0.2) is 0 Å². The summed E-state index contributed by atoms with van der Waals surface area (Å²) in [5.41, 5.74) is 9.06. The summed E-state index contributed by atoms with van der Waals surface area (Å²) in [7, 11) is 0. The van der Waals surface area contributed by atoms with Crippen molar-refractivity contribution < 1.29 is 4.98 Å². The minimum atomic E-state index is -0.650. The lowest BCUT2D eigenvalue weighted by Gasteiger charge is -2.20. The van der Waals surface area contributed by atoms with Gasteiger partial charge in [-0.1, -0.05) is 29.8 Å². The number of hydrogen-bond acceptors (Lipinski definition) is 5. The molecule has 1 heterocycles. The monoisotopic (exact) mass is 359 g/mol. The van der Waals surface area contributed by atoms with Crippen molar-refractivity contribution in [1.29, 1.82) is 15.8 Å². The number of anilines is 2. The number of nitrogens with one attached hydrogen (secondary N) is 1. The number of aromatic nitrogens is 1. The summed E-state index contributed by atoms with van der Waals surface area (Å²) in [5.74, 6) is 0.0823. The van der Waals surface area contributed by atoms with Crippen molar-refractivity contribution in [3.63, 3.8) is 0 Å². The standard InChI is InChI=1S/C21H22N6/c1-4-27(5-2)21-18(13-24)19(17(12-23)20(25)26-21)16(11-22)10-15-8-6-14(3)7-9-15/h6-9,16H,4-5,10H2,1-3H3,(H2,25,26)/p+1/t16-/m0/s1. The van der Waals surface area contributed by atoms with Crippen LogP contribution in [0.1, 0.15) is 47.6 Å². The highest BCUT2D eigenvalue weighted by molar-refractivity contribution is 5.65. The molecule has 1 atom stereocenters. The molecule has 0 radical (unpaired) electrons. The lowest BCUT2D eigenvalue weighted by Crippen LogP contribution is -2.33. The maximum atomic E-state index is 9.84. The maximum Gasteiger partial charge on any atom is 0.240 e. The van der Waals surface area contributed by atoms with Crippen LogP contribution in [0.4, 0.5) is 11.6 Å². The Morgan fingerprint density at radius 1 is 1.04 bits per heavy atom. The number of aryl methyl sites for hydroxylation is 1. The fourth-order valence-corrected chi connectivity index (χ4v) is 3.18. The van der Waals surface area contributed by atoms with Gasteiger partial charge in [0.25, 0.3) is 0 Å². The molecular formula is C21H23N6+. The SMILES string of the molecule is CCN(CC)c1[nH+]c(N)c(C#N)c([C@H](C#N)Cc2ccc(C)cc2)c1C#N. The minimum Gasteiger partial charge on any atom is -0.318 e. The number of nitrogen functional groups attached to an aromatic ring is 1. The molecule has 136 valence electrons.